The third-order valence-corrected chi connectivity index (χ3v) is 4.39. The number of methoxy groups -OCH3 is 1. The van der Waals surface area contributed by atoms with Crippen molar-refractivity contribution in [2.45, 2.75) is 47.1 Å². The molecule has 0 heterocycles. The normalized spacial score (nSPS) is 12.9. The molecule has 0 saturated carbocycles. The predicted molar refractivity (Wildman–Crippen MR) is 102 cm³/mol. The summed E-state index contributed by atoms with van der Waals surface area (Å²) in [7, 11) is 1.59. The average molecular weight is 344 g/mol. The highest BCUT2D eigenvalue weighted by molar-refractivity contribution is 5.70. The number of halogens is 1. The quantitative estimate of drug-likeness (QED) is 0.622. The number of hydrogen-bond donors (Lipinski definition) is 0. The van der Waals surface area contributed by atoms with Gasteiger partial charge in [0.25, 0.3) is 0 Å². The van der Waals surface area contributed by atoms with Crippen LogP contribution in [0.2, 0.25) is 0 Å². The number of rotatable bonds is 6. The Balaban J connectivity index is 2.70. The minimum absolute atomic E-state index is 0.105. The maximum absolute atomic E-state index is 14.6. The van der Waals surface area contributed by atoms with Gasteiger partial charge >= 0.3 is 0 Å². The van der Waals surface area contributed by atoms with Crippen molar-refractivity contribution in [1.82, 2.24) is 0 Å². The van der Waals surface area contributed by atoms with Crippen molar-refractivity contribution in [3.8, 4) is 16.9 Å². The van der Waals surface area contributed by atoms with Gasteiger partial charge in [-0.1, -0.05) is 45.9 Å². The van der Waals surface area contributed by atoms with E-state index in [0.717, 1.165) is 17.5 Å². The van der Waals surface area contributed by atoms with E-state index in [9.17, 15) is 4.39 Å². The van der Waals surface area contributed by atoms with Gasteiger partial charge in [0.2, 0.25) is 0 Å². The third kappa shape index (κ3) is 4.40. The van der Waals surface area contributed by atoms with Crippen molar-refractivity contribution in [2.24, 2.45) is 5.41 Å². The lowest BCUT2D eigenvalue weighted by Crippen LogP contribution is -2.22. The van der Waals surface area contributed by atoms with Crippen LogP contribution < -0.4 is 4.74 Å². The Hall–Kier alpha value is -1.87. The maximum Gasteiger partial charge on any atom is 0.131 e. The second-order valence-electron chi connectivity index (χ2n) is 7.32. The molecule has 0 saturated heterocycles. The summed E-state index contributed by atoms with van der Waals surface area (Å²) in [6.07, 6.45) is 0.807. The number of ether oxygens (including phenoxy) is 2. The van der Waals surface area contributed by atoms with Crippen LogP contribution in [-0.2, 0) is 11.2 Å². The fraction of sp³-hybridized carbons (Fsp3) is 0.455. The minimum Gasteiger partial charge on any atom is -0.497 e. The number of benzene rings is 2. The van der Waals surface area contributed by atoms with E-state index in [4.69, 9.17) is 9.47 Å². The van der Waals surface area contributed by atoms with E-state index >= 15 is 0 Å². The highest BCUT2D eigenvalue weighted by Crippen LogP contribution is 2.42. The molecule has 2 aromatic carbocycles. The average Bonchev–Trinajstić information content (AvgIpc) is 2.58. The van der Waals surface area contributed by atoms with Crippen molar-refractivity contribution in [1.29, 1.82) is 0 Å². The summed E-state index contributed by atoms with van der Waals surface area (Å²) in [6.45, 7) is 11.2. The second kappa shape index (κ2) is 8.01. The highest BCUT2D eigenvalue weighted by Gasteiger charge is 2.30. The molecule has 0 aliphatic carbocycles. The monoisotopic (exact) mass is 344 g/mol. The largest absolute Gasteiger partial charge is 0.497 e. The Bertz CT molecular complexity index is 716. The van der Waals surface area contributed by atoms with Gasteiger partial charge in [-0.05, 0) is 53.6 Å². The molecule has 136 valence electrons. The summed E-state index contributed by atoms with van der Waals surface area (Å²) >= 11 is 0. The molecule has 0 bridgehead atoms. The summed E-state index contributed by atoms with van der Waals surface area (Å²) in [5, 5.41) is 0. The van der Waals surface area contributed by atoms with Crippen molar-refractivity contribution < 1.29 is 13.9 Å². The molecule has 0 aromatic heterocycles. The van der Waals surface area contributed by atoms with Crippen LogP contribution in [0.5, 0.6) is 5.75 Å². The van der Waals surface area contributed by atoms with E-state index in [-0.39, 0.29) is 17.3 Å². The predicted octanol–water partition coefficient (Wildman–Crippen LogP) is 6.19. The molecule has 2 aromatic rings. The Morgan fingerprint density at radius 1 is 1.00 bits per heavy atom. The van der Waals surface area contributed by atoms with Crippen molar-refractivity contribution in [2.75, 3.05) is 13.7 Å². The van der Waals surface area contributed by atoms with Crippen LogP contribution >= 0.6 is 0 Å². The summed E-state index contributed by atoms with van der Waals surface area (Å²) < 4.78 is 26.0. The van der Waals surface area contributed by atoms with Crippen LogP contribution in [0, 0.1) is 11.2 Å². The molecule has 2 rings (SSSR count). The zero-order valence-corrected chi connectivity index (χ0v) is 16.2. The van der Waals surface area contributed by atoms with E-state index in [1.807, 2.05) is 13.0 Å². The molecule has 0 amide bonds. The topological polar surface area (TPSA) is 18.5 Å². The van der Waals surface area contributed by atoms with E-state index in [1.54, 1.807) is 19.2 Å². The molecule has 0 fully saturated rings. The van der Waals surface area contributed by atoms with Gasteiger partial charge in [0, 0.05) is 12.2 Å². The first-order chi connectivity index (χ1) is 11.8. The molecular formula is C22H29FO2. The van der Waals surface area contributed by atoms with Crippen LogP contribution in [0.15, 0.2) is 36.4 Å². The van der Waals surface area contributed by atoms with Crippen LogP contribution in [0.25, 0.3) is 11.1 Å². The van der Waals surface area contributed by atoms with Crippen LogP contribution in [0.4, 0.5) is 4.39 Å². The fourth-order valence-electron chi connectivity index (χ4n) is 3.11. The lowest BCUT2D eigenvalue weighted by atomic mass is 9.80. The first-order valence-electron chi connectivity index (χ1n) is 8.90. The molecule has 0 unspecified atom stereocenters. The Morgan fingerprint density at radius 3 is 2.28 bits per heavy atom. The van der Waals surface area contributed by atoms with Gasteiger partial charge < -0.3 is 9.47 Å². The summed E-state index contributed by atoms with van der Waals surface area (Å²) in [5.41, 5.74) is 3.55. The Morgan fingerprint density at radius 2 is 1.72 bits per heavy atom. The van der Waals surface area contributed by atoms with Gasteiger partial charge in [0.1, 0.15) is 11.6 Å². The van der Waals surface area contributed by atoms with Crippen molar-refractivity contribution in [3.05, 3.63) is 53.3 Å². The van der Waals surface area contributed by atoms with Crippen LogP contribution in [0.1, 0.15) is 51.8 Å². The lowest BCUT2D eigenvalue weighted by molar-refractivity contribution is -0.0129. The van der Waals surface area contributed by atoms with Gasteiger partial charge in [0.05, 0.1) is 13.2 Å². The number of aryl methyl sites for hydroxylation is 1. The van der Waals surface area contributed by atoms with E-state index in [2.05, 4.69) is 39.8 Å². The van der Waals surface area contributed by atoms with Gasteiger partial charge in [0.15, 0.2) is 0 Å². The Labute approximate surface area is 151 Å². The summed E-state index contributed by atoms with van der Waals surface area (Å²) in [5.74, 6) is 0.390. The van der Waals surface area contributed by atoms with Crippen molar-refractivity contribution in [3.63, 3.8) is 0 Å². The molecule has 0 radical (unpaired) electrons. The smallest absolute Gasteiger partial charge is 0.131 e. The maximum atomic E-state index is 14.6. The zero-order valence-electron chi connectivity index (χ0n) is 16.2. The van der Waals surface area contributed by atoms with E-state index in [1.165, 1.54) is 11.6 Å². The molecule has 1 atom stereocenters. The molecule has 0 N–H and O–H groups in total. The van der Waals surface area contributed by atoms with Crippen molar-refractivity contribution >= 4 is 0 Å². The first kappa shape index (κ1) is 19.5. The highest BCUT2D eigenvalue weighted by atomic mass is 19.1. The zero-order chi connectivity index (χ0) is 18.6. The van der Waals surface area contributed by atoms with Gasteiger partial charge in [-0.2, -0.15) is 0 Å². The van der Waals surface area contributed by atoms with Gasteiger partial charge in [-0.15, -0.1) is 0 Å². The molecule has 0 spiro atoms. The van der Waals surface area contributed by atoms with Gasteiger partial charge in [-0.3, -0.25) is 0 Å². The first-order valence-corrected chi connectivity index (χ1v) is 8.90. The molecule has 0 aliphatic rings. The molecule has 0 aliphatic heterocycles. The molecular weight excluding hydrogens is 315 g/mol. The summed E-state index contributed by atoms with van der Waals surface area (Å²) in [6, 6.07) is 11.1. The SMILES string of the molecule is CCO[C@@H](c1cc(CC)ccc1-c1cc(OC)ccc1F)C(C)(C)C. The van der Waals surface area contributed by atoms with Gasteiger partial charge in [-0.25, -0.2) is 4.39 Å². The van der Waals surface area contributed by atoms with E-state index in [0.29, 0.717) is 17.9 Å². The standard InChI is InChI=1S/C22H29FO2/c1-7-15-9-11-17(18-14-16(24-6)10-12-20(18)23)19(13-15)21(25-8-2)22(3,4)5/h9-14,21H,7-8H2,1-6H3/t21-/m0/s1. The molecule has 3 heteroatoms. The van der Waals surface area contributed by atoms with Crippen LogP contribution in [-0.4, -0.2) is 13.7 Å². The third-order valence-electron chi connectivity index (χ3n) is 4.39. The number of hydrogen-bond acceptors (Lipinski definition) is 2. The van der Waals surface area contributed by atoms with Crippen LogP contribution in [0.3, 0.4) is 0 Å². The van der Waals surface area contributed by atoms with E-state index < -0.39 is 0 Å². The minimum atomic E-state index is -0.254. The molecule has 2 nitrogen and oxygen atoms in total. The Kier molecular flexibility index (Phi) is 6.23. The molecule has 25 heavy (non-hydrogen) atoms. The summed E-state index contributed by atoms with van der Waals surface area (Å²) in [4.78, 5) is 0. The fourth-order valence-corrected chi connectivity index (χ4v) is 3.11. The second-order valence-corrected chi connectivity index (χ2v) is 7.32. The lowest BCUT2D eigenvalue weighted by Gasteiger charge is -2.32.